The van der Waals surface area contributed by atoms with Gasteiger partial charge in [0.05, 0.1) is 17.3 Å². The van der Waals surface area contributed by atoms with Crippen molar-refractivity contribution in [3.63, 3.8) is 0 Å². The van der Waals surface area contributed by atoms with E-state index in [4.69, 9.17) is 11.6 Å². The lowest BCUT2D eigenvalue weighted by Crippen LogP contribution is -2.26. The summed E-state index contributed by atoms with van der Waals surface area (Å²) >= 11 is 6.27. The summed E-state index contributed by atoms with van der Waals surface area (Å²) < 4.78 is 1.85. The van der Waals surface area contributed by atoms with Crippen molar-refractivity contribution < 1.29 is 9.59 Å². The molecule has 29 heavy (non-hydrogen) atoms. The van der Waals surface area contributed by atoms with Crippen LogP contribution < -0.4 is 10.2 Å². The predicted octanol–water partition coefficient (Wildman–Crippen LogP) is 3.64. The fourth-order valence-electron chi connectivity index (χ4n) is 3.49. The van der Waals surface area contributed by atoms with Crippen molar-refractivity contribution in [1.82, 2.24) is 15.1 Å². The van der Waals surface area contributed by atoms with Gasteiger partial charge in [-0.2, -0.15) is 5.10 Å². The first-order chi connectivity index (χ1) is 14.1. The van der Waals surface area contributed by atoms with E-state index in [2.05, 4.69) is 10.4 Å². The summed E-state index contributed by atoms with van der Waals surface area (Å²) in [4.78, 5) is 26.4. The van der Waals surface area contributed by atoms with Crippen LogP contribution >= 0.6 is 11.6 Å². The maximum Gasteiger partial charge on any atom is 0.251 e. The van der Waals surface area contributed by atoms with Gasteiger partial charge >= 0.3 is 0 Å². The summed E-state index contributed by atoms with van der Waals surface area (Å²) in [6.07, 6.45) is 4.97. The van der Waals surface area contributed by atoms with Gasteiger partial charge in [-0.05, 0) is 41.8 Å². The van der Waals surface area contributed by atoms with Gasteiger partial charge in [0.25, 0.3) is 5.91 Å². The highest BCUT2D eigenvalue weighted by molar-refractivity contribution is 6.34. The zero-order chi connectivity index (χ0) is 20.2. The minimum Gasteiger partial charge on any atom is -0.348 e. The Hall–Kier alpha value is -3.12. The molecule has 1 aliphatic heterocycles. The molecule has 0 bridgehead atoms. The molecule has 3 aromatic rings. The van der Waals surface area contributed by atoms with E-state index in [9.17, 15) is 9.59 Å². The number of benzene rings is 2. The van der Waals surface area contributed by atoms with Crippen molar-refractivity contribution in [3.05, 3.63) is 82.6 Å². The molecular formula is C22H21ClN4O2. The largest absolute Gasteiger partial charge is 0.348 e. The molecule has 0 radical (unpaired) electrons. The lowest BCUT2D eigenvalue weighted by molar-refractivity contribution is -0.117. The second-order valence-corrected chi connectivity index (χ2v) is 7.38. The minimum absolute atomic E-state index is 0.0389. The molecule has 0 saturated carbocycles. The molecule has 2 amide bonds. The Balaban J connectivity index is 1.47. The Kier molecular flexibility index (Phi) is 5.62. The van der Waals surface area contributed by atoms with Crippen LogP contribution in [0.15, 0.2) is 60.9 Å². The Morgan fingerprint density at radius 2 is 1.97 bits per heavy atom. The van der Waals surface area contributed by atoms with E-state index >= 15 is 0 Å². The van der Waals surface area contributed by atoms with Gasteiger partial charge in [0.1, 0.15) is 0 Å². The molecule has 0 atom stereocenters. The first-order valence-electron chi connectivity index (χ1n) is 9.54. The molecule has 1 aliphatic rings. The zero-order valence-electron chi connectivity index (χ0n) is 15.8. The van der Waals surface area contributed by atoms with E-state index in [0.717, 1.165) is 17.5 Å². The monoisotopic (exact) mass is 408 g/mol. The fourth-order valence-corrected chi connectivity index (χ4v) is 3.71. The Morgan fingerprint density at radius 3 is 2.69 bits per heavy atom. The van der Waals surface area contributed by atoms with Crippen molar-refractivity contribution in [3.8, 4) is 0 Å². The summed E-state index contributed by atoms with van der Waals surface area (Å²) in [6.45, 7) is 1.67. The number of hydrogen-bond acceptors (Lipinski definition) is 3. The molecule has 1 fully saturated rings. The van der Waals surface area contributed by atoms with Crippen LogP contribution in [0.3, 0.4) is 0 Å². The number of halogens is 1. The fraction of sp³-hybridized carbons (Fsp3) is 0.227. The van der Waals surface area contributed by atoms with Gasteiger partial charge < -0.3 is 10.2 Å². The van der Waals surface area contributed by atoms with E-state index in [0.29, 0.717) is 42.3 Å². The van der Waals surface area contributed by atoms with Crippen molar-refractivity contribution in [2.45, 2.75) is 25.9 Å². The third kappa shape index (κ3) is 4.32. The molecule has 0 aliphatic carbocycles. The summed E-state index contributed by atoms with van der Waals surface area (Å²) in [5.74, 6) is -0.166. The summed E-state index contributed by atoms with van der Waals surface area (Å²) in [5.41, 5.74) is 3.20. The van der Waals surface area contributed by atoms with Gasteiger partial charge in [-0.15, -0.1) is 0 Å². The zero-order valence-corrected chi connectivity index (χ0v) is 16.6. The molecule has 2 heterocycles. The van der Waals surface area contributed by atoms with Crippen LogP contribution in [-0.2, 0) is 17.9 Å². The molecule has 0 spiro atoms. The number of anilines is 1. The van der Waals surface area contributed by atoms with Gasteiger partial charge in [-0.1, -0.05) is 35.9 Å². The first kappa shape index (κ1) is 19.2. The standard InChI is InChI=1S/C22H21ClN4O2/c23-19-9-8-16(13-20(19)27-12-3-7-21(27)28)22(29)24-14-17-5-1-2-6-18(17)15-26-11-4-10-25-26/h1-2,4-6,8-11,13H,3,7,12,14-15H2,(H,24,29). The number of amides is 2. The Morgan fingerprint density at radius 1 is 1.14 bits per heavy atom. The number of nitrogens with one attached hydrogen (secondary N) is 1. The molecule has 2 aromatic carbocycles. The van der Waals surface area contributed by atoms with Crippen LogP contribution in [0.5, 0.6) is 0 Å². The quantitative estimate of drug-likeness (QED) is 0.677. The van der Waals surface area contributed by atoms with Gasteiger partial charge in [-0.3, -0.25) is 14.3 Å². The number of aromatic nitrogens is 2. The SMILES string of the molecule is O=C(NCc1ccccc1Cn1cccn1)c1ccc(Cl)c(N2CCCC2=O)c1. The second kappa shape index (κ2) is 8.49. The summed E-state index contributed by atoms with van der Waals surface area (Å²) in [5, 5.41) is 7.68. The highest BCUT2D eigenvalue weighted by atomic mass is 35.5. The van der Waals surface area contributed by atoms with Crippen molar-refractivity contribution in [1.29, 1.82) is 0 Å². The molecule has 1 saturated heterocycles. The normalized spacial score (nSPS) is 13.7. The number of nitrogens with zero attached hydrogens (tertiary/aromatic N) is 3. The molecule has 0 unspecified atom stereocenters. The number of hydrogen-bond donors (Lipinski definition) is 1. The van der Waals surface area contributed by atoms with E-state index in [1.165, 1.54) is 0 Å². The highest BCUT2D eigenvalue weighted by Gasteiger charge is 2.24. The molecule has 1 aromatic heterocycles. The smallest absolute Gasteiger partial charge is 0.251 e. The van der Waals surface area contributed by atoms with Crippen LogP contribution in [-0.4, -0.2) is 28.1 Å². The predicted molar refractivity (Wildman–Crippen MR) is 112 cm³/mol. The number of carbonyl (C=O) groups is 2. The Bertz CT molecular complexity index is 1030. The molecule has 4 rings (SSSR count). The maximum atomic E-state index is 12.7. The average molecular weight is 409 g/mol. The van der Waals surface area contributed by atoms with Crippen LogP contribution in [0.4, 0.5) is 5.69 Å². The van der Waals surface area contributed by atoms with E-state index < -0.39 is 0 Å². The van der Waals surface area contributed by atoms with Crippen molar-refractivity contribution in [2.75, 3.05) is 11.4 Å². The number of carbonyl (C=O) groups excluding carboxylic acids is 2. The van der Waals surface area contributed by atoms with Crippen LogP contribution in [0, 0.1) is 0 Å². The van der Waals surface area contributed by atoms with Gasteiger partial charge in [0.2, 0.25) is 5.91 Å². The minimum atomic E-state index is -0.205. The van der Waals surface area contributed by atoms with Crippen molar-refractivity contribution >= 4 is 29.1 Å². The third-order valence-electron chi connectivity index (χ3n) is 5.02. The van der Waals surface area contributed by atoms with Crippen LogP contribution in [0.2, 0.25) is 5.02 Å². The van der Waals surface area contributed by atoms with Gasteiger partial charge in [0.15, 0.2) is 0 Å². The van der Waals surface area contributed by atoms with E-state index in [1.54, 1.807) is 29.3 Å². The highest BCUT2D eigenvalue weighted by Crippen LogP contribution is 2.30. The summed E-state index contributed by atoms with van der Waals surface area (Å²) in [7, 11) is 0. The summed E-state index contributed by atoms with van der Waals surface area (Å²) in [6, 6.07) is 14.9. The van der Waals surface area contributed by atoms with E-state index in [1.807, 2.05) is 41.2 Å². The van der Waals surface area contributed by atoms with Gasteiger partial charge in [0, 0.05) is 37.5 Å². The Labute approximate surface area is 174 Å². The first-order valence-corrected chi connectivity index (χ1v) is 9.92. The molecule has 1 N–H and O–H groups in total. The molecule has 6 nitrogen and oxygen atoms in total. The lowest BCUT2D eigenvalue weighted by atomic mass is 10.1. The van der Waals surface area contributed by atoms with Crippen LogP contribution in [0.1, 0.15) is 34.3 Å². The second-order valence-electron chi connectivity index (χ2n) is 6.97. The molecular weight excluding hydrogens is 388 g/mol. The third-order valence-corrected chi connectivity index (χ3v) is 5.34. The van der Waals surface area contributed by atoms with Crippen LogP contribution in [0.25, 0.3) is 0 Å². The molecule has 7 heteroatoms. The topological polar surface area (TPSA) is 67.2 Å². The van der Waals surface area contributed by atoms with E-state index in [-0.39, 0.29) is 11.8 Å². The molecule has 148 valence electrons. The average Bonchev–Trinajstić information content (AvgIpc) is 3.39. The van der Waals surface area contributed by atoms with Crippen molar-refractivity contribution in [2.24, 2.45) is 0 Å². The van der Waals surface area contributed by atoms with Gasteiger partial charge in [-0.25, -0.2) is 0 Å². The number of rotatable bonds is 6. The maximum absolute atomic E-state index is 12.7. The lowest BCUT2D eigenvalue weighted by Gasteiger charge is -2.18.